The van der Waals surface area contributed by atoms with Gasteiger partial charge in [0.05, 0.1) is 6.20 Å². The molecule has 0 atom stereocenters. The third kappa shape index (κ3) is 1.66. The molecule has 5 nitrogen and oxygen atoms in total. The van der Waals surface area contributed by atoms with E-state index in [1.54, 1.807) is 0 Å². The van der Waals surface area contributed by atoms with E-state index >= 15 is 0 Å². The van der Waals surface area contributed by atoms with Crippen LogP contribution in [-0.2, 0) is 10.0 Å². The number of sulfonamides is 1. The summed E-state index contributed by atoms with van der Waals surface area (Å²) in [5, 5.41) is 13.7. The zero-order valence-corrected chi connectivity index (χ0v) is 6.25. The first-order valence-electron chi connectivity index (χ1n) is 2.67. The predicted octanol–water partition coefficient (Wildman–Crippen LogP) is -0.565. The van der Waals surface area contributed by atoms with E-state index in [9.17, 15) is 8.42 Å². The van der Waals surface area contributed by atoms with Crippen molar-refractivity contribution in [3.05, 3.63) is 18.5 Å². The van der Waals surface area contributed by atoms with Crippen molar-refractivity contribution in [1.29, 1.82) is 0 Å². The summed E-state index contributed by atoms with van der Waals surface area (Å²) in [6, 6.07) is 1.13. The summed E-state index contributed by atoms with van der Waals surface area (Å²) in [5.41, 5.74) is 0. The Kier molecular flexibility index (Phi) is 1.79. The molecule has 1 heterocycles. The Hall–Kier alpha value is -1.14. The normalized spacial score (nSPS) is 11.4. The van der Waals surface area contributed by atoms with Crippen LogP contribution >= 0.6 is 0 Å². The smallest absolute Gasteiger partial charge is 0.241 e. The fraction of sp³-hybridized carbons (Fsp3) is 0. The van der Waals surface area contributed by atoms with Crippen LogP contribution < -0.4 is 5.14 Å². The van der Waals surface area contributed by atoms with Gasteiger partial charge < -0.3 is 5.11 Å². The van der Waals surface area contributed by atoms with Gasteiger partial charge in [-0.2, -0.15) is 0 Å². The number of primary sulfonamides is 1. The van der Waals surface area contributed by atoms with Gasteiger partial charge in [0, 0.05) is 6.20 Å². The second-order valence-corrected chi connectivity index (χ2v) is 3.42. The average molecular weight is 174 g/mol. The molecule has 0 aliphatic heterocycles. The molecular weight excluding hydrogens is 168 g/mol. The minimum Gasteiger partial charge on any atom is -0.505 e. The quantitative estimate of drug-likeness (QED) is 0.596. The zero-order valence-electron chi connectivity index (χ0n) is 5.43. The molecule has 0 aliphatic rings. The topological polar surface area (TPSA) is 93.3 Å². The number of nitrogens with two attached hydrogens (primary N) is 1. The summed E-state index contributed by atoms with van der Waals surface area (Å²) in [6.45, 7) is 0. The van der Waals surface area contributed by atoms with Crippen LogP contribution in [-0.4, -0.2) is 18.5 Å². The van der Waals surface area contributed by atoms with Gasteiger partial charge in [-0.15, -0.1) is 0 Å². The van der Waals surface area contributed by atoms with Gasteiger partial charge in [-0.25, -0.2) is 13.6 Å². The Morgan fingerprint density at radius 3 is 2.55 bits per heavy atom. The molecule has 0 aromatic carbocycles. The standard InChI is InChI=1S/C5H6N2O3S/c6-11(9,10)5-1-2-7-3-4(5)8/h1-3,8H,(H2,6,9,10). The Bertz CT molecular complexity index is 360. The molecule has 0 fully saturated rings. The second kappa shape index (κ2) is 2.48. The monoisotopic (exact) mass is 174 g/mol. The van der Waals surface area contributed by atoms with Crippen LogP contribution in [0.3, 0.4) is 0 Å². The maximum absolute atomic E-state index is 10.6. The largest absolute Gasteiger partial charge is 0.505 e. The summed E-state index contributed by atoms with van der Waals surface area (Å²) < 4.78 is 21.3. The average Bonchev–Trinajstić information content (AvgIpc) is 1.86. The first-order valence-corrected chi connectivity index (χ1v) is 4.22. The molecule has 0 aliphatic carbocycles. The third-order valence-corrected chi connectivity index (χ3v) is 2.03. The molecule has 6 heteroatoms. The van der Waals surface area contributed by atoms with Crippen molar-refractivity contribution in [3.8, 4) is 5.75 Å². The lowest BCUT2D eigenvalue weighted by Crippen LogP contribution is -2.12. The van der Waals surface area contributed by atoms with Crippen LogP contribution in [0, 0.1) is 0 Å². The van der Waals surface area contributed by atoms with E-state index < -0.39 is 15.8 Å². The highest BCUT2D eigenvalue weighted by Crippen LogP contribution is 2.17. The Morgan fingerprint density at radius 1 is 1.55 bits per heavy atom. The molecule has 11 heavy (non-hydrogen) atoms. The van der Waals surface area contributed by atoms with Crippen molar-refractivity contribution in [1.82, 2.24) is 4.98 Å². The molecule has 0 saturated carbocycles. The number of hydrogen-bond acceptors (Lipinski definition) is 4. The molecule has 0 spiro atoms. The predicted molar refractivity (Wildman–Crippen MR) is 37.3 cm³/mol. The number of aromatic hydroxyl groups is 1. The van der Waals surface area contributed by atoms with E-state index in [0.29, 0.717) is 0 Å². The highest BCUT2D eigenvalue weighted by molar-refractivity contribution is 7.89. The van der Waals surface area contributed by atoms with Gasteiger partial charge >= 0.3 is 0 Å². The summed E-state index contributed by atoms with van der Waals surface area (Å²) in [6.07, 6.45) is 2.25. The zero-order chi connectivity index (χ0) is 8.48. The number of pyridine rings is 1. The van der Waals surface area contributed by atoms with E-state index in [4.69, 9.17) is 10.2 Å². The van der Waals surface area contributed by atoms with E-state index in [1.165, 1.54) is 6.20 Å². The molecule has 3 N–H and O–H groups in total. The number of aromatic nitrogens is 1. The molecule has 0 saturated heterocycles. The summed E-state index contributed by atoms with van der Waals surface area (Å²) in [5.74, 6) is -0.435. The van der Waals surface area contributed by atoms with Crippen molar-refractivity contribution in [3.63, 3.8) is 0 Å². The van der Waals surface area contributed by atoms with Gasteiger partial charge in [-0.1, -0.05) is 0 Å². The molecule has 1 aromatic rings. The highest BCUT2D eigenvalue weighted by atomic mass is 32.2. The Labute approximate surface area is 63.5 Å². The van der Waals surface area contributed by atoms with E-state index in [0.717, 1.165) is 12.3 Å². The summed E-state index contributed by atoms with van der Waals surface area (Å²) in [4.78, 5) is 3.18. The molecule has 1 aromatic heterocycles. The van der Waals surface area contributed by atoms with Crippen LogP contribution in [0.2, 0.25) is 0 Å². The first kappa shape index (κ1) is 7.96. The van der Waals surface area contributed by atoms with Crippen LogP contribution in [0.15, 0.2) is 23.4 Å². The van der Waals surface area contributed by atoms with E-state index in [-0.39, 0.29) is 4.90 Å². The van der Waals surface area contributed by atoms with Crippen LogP contribution in [0.1, 0.15) is 0 Å². The van der Waals surface area contributed by atoms with Crippen molar-refractivity contribution >= 4 is 10.0 Å². The summed E-state index contributed by atoms with van der Waals surface area (Å²) >= 11 is 0. The van der Waals surface area contributed by atoms with Gasteiger partial charge in [0.2, 0.25) is 10.0 Å². The van der Waals surface area contributed by atoms with Gasteiger partial charge in [0.1, 0.15) is 4.90 Å². The maximum Gasteiger partial charge on any atom is 0.241 e. The van der Waals surface area contributed by atoms with Crippen molar-refractivity contribution in [2.45, 2.75) is 4.90 Å². The van der Waals surface area contributed by atoms with Gasteiger partial charge in [0.15, 0.2) is 5.75 Å². The molecule has 0 bridgehead atoms. The van der Waals surface area contributed by atoms with E-state index in [1.807, 2.05) is 0 Å². The minimum absolute atomic E-state index is 0.312. The lowest BCUT2D eigenvalue weighted by molar-refractivity contribution is 0.456. The molecular formula is C5H6N2O3S. The molecule has 0 amide bonds. The number of rotatable bonds is 1. The Balaban J connectivity index is 3.37. The fourth-order valence-corrected chi connectivity index (χ4v) is 1.21. The van der Waals surface area contributed by atoms with Crippen molar-refractivity contribution in [2.75, 3.05) is 0 Å². The highest BCUT2D eigenvalue weighted by Gasteiger charge is 2.11. The SMILES string of the molecule is NS(=O)(=O)c1ccncc1O. The van der Waals surface area contributed by atoms with Crippen LogP contribution in [0.5, 0.6) is 5.75 Å². The van der Waals surface area contributed by atoms with Crippen molar-refractivity contribution in [2.24, 2.45) is 5.14 Å². The molecule has 60 valence electrons. The van der Waals surface area contributed by atoms with Gasteiger partial charge in [-0.3, -0.25) is 4.98 Å². The van der Waals surface area contributed by atoms with Gasteiger partial charge in [-0.05, 0) is 6.07 Å². The van der Waals surface area contributed by atoms with Crippen molar-refractivity contribution < 1.29 is 13.5 Å². The first-order chi connectivity index (χ1) is 5.02. The fourth-order valence-electron chi connectivity index (χ4n) is 0.614. The summed E-state index contributed by atoms with van der Waals surface area (Å²) in [7, 11) is -3.82. The van der Waals surface area contributed by atoms with E-state index in [2.05, 4.69) is 4.98 Å². The lowest BCUT2D eigenvalue weighted by Gasteiger charge is -1.98. The molecule has 0 radical (unpaired) electrons. The van der Waals surface area contributed by atoms with Gasteiger partial charge in [0.25, 0.3) is 0 Å². The lowest BCUT2D eigenvalue weighted by atomic mass is 10.5. The van der Waals surface area contributed by atoms with Crippen LogP contribution in [0.4, 0.5) is 0 Å². The number of nitrogens with zero attached hydrogens (tertiary/aromatic N) is 1. The molecule has 1 rings (SSSR count). The number of hydrogen-bond donors (Lipinski definition) is 2. The second-order valence-electron chi connectivity index (χ2n) is 1.89. The minimum atomic E-state index is -3.82. The molecule has 0 unspecified atom stereocenters. The maximum atomic E-state index is 10.6. The Morgan fingerprint density at radius 2 is 2.18 bits per heavy atom. The van der Waals surface area contributed by atoms with Crippen LogP contribution in [0.25, 0.3) is 0 Å². The third-order valence-electron chi connectivity index (χ3n) is 1.07.